The second-order valence-corrected chi connectivity index (χ2v) is 7.32. The monoisotopic (exact) mass is 410 g/mol. The van der Waals surface area contributed by atoms with Crippen LogP contribution >= 0.6 is 11.6 Å². The highest BCUT2D eigenvalue weighted by molar-refractivity contribution is 6.31. The van der Waals surface area contributed by atoms with E-state index in [0.29, 0.717) is 33.7 Å². The molecule has 1 aromatic heterocycles. The van der Waals surface area contributed by atoms with Gasteiger partial charge in [-0.25, -0.2) is 9.98 Å². The summed E-state index contributed by atoms with van der Waals surface area (Å²) in [4.78, 5) is 9.01. The predicted molar refractivity (Wildman–Crippen MR) is 115 cm³/mol. The van der Waals surface area contributed by atoms with E-state index in [2.05, 4.69) is 16.1 Å². The van der Waals surface area contributed by atoms with Gasteiger partial charge in [-0.2, -0.15) is 5.26 Å². The molecule has 0 unspecified atom stereocenters. The Hall–Kier alpha value is -3.88. The molecule has 3 aromatic carbocycles. The summed E-state index contributed by atoms with van der Waals surface area (Å²) in [6.45, 7) is 0.370. The van der Waals surface area contributed by atoms with Crippen LogP contribution in [0.1, 0.15) is 11.1 Å². The lowest BCUT2D eigenvalue weighted by Gasteiger charge is -2.09. The average molecular weight is 411 g/mol. The fraction of sp³-hybridized carbons (Fsp3) is 0.0417. The van der Waals surface area contributed by atoms with Crippen LogP contribution in [0.4, 0.5) is 0 Å². The van der Waals surface area contributed by atoms with Gasteiger partial charge in [0.15, 0.2) is 5.82 Å². The van der Waals surface area contributed by atoms with E-state index in [1.807, 2.05) is 72.8 Å². The second-order valence-electron chi connectivity index (χ2n) is 6.92. The highest BCUT2D eigenvalue weighted by Crippen LogP contribution is 2.38. The number of nitriles is 1. The molecule has 144 valence electrons. The number of allylic oxidation sites excluding steroid dienone is 1. The first-order valence-corrected chi connectivity index (χ1v) is 9.76. The van der Waals surface area contributed by atoms with Crippen molar-refractivity contribution in [1.82, 2.24) is 4.57 Å². The third kappa shape index (κ3) is 2.86. The summed E-state index contributed by atoms with van der Waals surface area (Å²) in [6.07, 6.45) is 0. The van der Waals surface area contributed by atoms with Crippen molar-refractivity contribution in [2.75, 3.05) is 0 Å². The van der Waals surface area contributed by atoms with Crippen LogP contribution in [0, 0.1) is 11.3 Å². The summed E-state index contributed by atoms with van der Waals surface area (Å²) in [7, 11) is 0. The van der Waals surface area contributed by atoms with Crippen LogP contribution in [-0.4, -0.2) is 9.67 Å². The number of hydrogen-bond donors (Lipinski definition) is 1. The van der Waals surface area contributed by atoms with Gasteiger partial charge in [-0.15, -0.1) is 0 Å². The standard InChI is InChI=1S/C24H15ClN4O/c25-18-9-3-1-7-15(18)14-29-21-12-6-2-8-16(21)22(24(29)30)17(13-26)23-27-19-10-4-5-11-20(19)28-23/h1-12,30H,14H2. The SMILES string of the molecule is N#CC(=C1N=c2ccccc2=N1)c1c(O)n(Cc2ccccc2Cl)c2ccccc12. The molecule has 4 aromatic rings. The molecule has 0 saturated carbocycles. The minimum absolute atomic E-state index is 0.0125. The predicted octanol–water partition coefficient (Wildman–Crippen LogP) is 4.19. The van der Waals surface area contributed by atoms with Crippen molar-refractivity contribution < 1.29 is 5.11 Å². The van der Waals surface area contributed by atoms with Crippen LogP contribution in [0.3, 0.4) is 0 Å². The largest absolute Gasteiger partial charge is 0.494 e. The Morgan fingerprint density at radius 1 is 0.933 bits per heavy atom. The smallest absolute Gasteiger partial charge is 0.201 e. The summed E-state index contributed by atoms with van der Waals surface area (Å²) in [5.41, 5.74) is 2.33. The number of aromatic hydroxyl groups is 1. The Labute approximate surface area is 177 Å². The van der Waals surface area contributed by atoms with Gasteiger partial charge in [0, 0.05) is 10.4 Å². The zero-order valence-electron chi connectivity index (χ0n) is 15.7. The number of aromatic nitrogens is 1. The molecule has 2 heterocycles. The maximum absolute atomic E-state index is 11.2. The maximum atomic E-state index is 11.2. The van der Waals surface area contributed by atoms with E-state index >= 15 is 0 Å². The van der Waals surface area contributed by atoms with Crippen LogP contribution in [0.2, 0.25) is 5.02 Å². The number of nitrogens with zero attached hydrogens (tertiary/aromatic N) is 4. The number of benzene rings is 3. The van der Waals surface area contributed by atoms with Crippen LogP contribution in [0.5, 0.6) is 5.88 Å². The Morgan fingerprint density at radius 3 is 2.27 bits per heavy atom. The van der Waals surface area contributed by atoms with Crippen molar-refractivity contribution in [2.24, 2.45) is 9.98 Å². The van der Waals surface area contributed by atoms with Crippen molar-refractivity contribution in [2.45, 2.75) is 6.54 Å². The molecule has 1 N–H and O–H groups in total. The first kappa shape index (κ1) is 18.2. The fourth-order valence-electron chi connectivity index (χ4n) is 3.73. The zero-order chi connectivity index (χ0) is 20.7. The molecular formula is C24H15ClN4O. The molecular weight excluding hydrogens is 396 g/mol. The van der Waals surface area contributed by atoms with Crippen molar-refractivity contribution in [3.8, 4) is 11.9 Å². The van der Waals surface area contributed by atoms with Gasteiger partial charge < -0.3 is 9.67 Å². The zero-order valence-corrected chi connectivity index (χ0v) is 16.5. The molecule has 30 heavy (non-hydrogen) atoms. The van der Waals surface area contributed by atoms with Gasteiger partial charge >= 0.3 is 0 Å². The fourth-order valence-corrected chi connectivity index (χ4v) is 3.92. The number of para-hydroxylation sites is 3. The number of rotatable bonds is 3. The van der Waals surface area contributed by atoms with Crippen LogP contribution < -0.4 is 10.7 Å². The van der Waals surface area contributed by atoms with E-state index in [4.69, 9.17) is 11.6 Å². The minimum Gasteiger partial charge on any atom is -0.494 e. The quantitative estimate of drug-likeness (QED) is 0.514. The lowest BCUT2D eigenvalue weighted by Crippen LogP contribution is -2.19. The van der Waals surface area contributed by atoms with Gasteiger partial charge in [-0.1, -0.05) is 60.1 Å². The maximum Gasteiger partial charge on any atom is 0.201 e. The third-order valence-electron chi connectivity index (χ3n) is 5.15. The van der Waals surface area contributed by atoms with Crippen LogP contribution in [-0.2, 0) is 6.54 Å². The Morgan fingerprint density at radius 2 is 1.57 bits per heavy atom. The molecule has 6 heteroatoms. The van der Waals surface area contributed by atoms with Gasteiger partial charge in [0.05, 0.1) is 28.3 Å². The van der Waals surface area contributed by atoms with Gasteiger partial charge in [0.2, 0.25) is 5.88 Å². The summed E-state index contributed by atoms with van der Waals surface area (Å²) in [6, 6.07) is 24.7. The molecule has 0 amide bonds. The lowest BCUT2D eigenvalue weighted by molar-refractivity contribution is 0.427. The Balaban J connectivity index is 1.76. The molecule has 0 radical (unpaired) electrons. The van der Waals surface area contributed by atoms with E-state index < -0.39 is 0 Å². The van der Waals surface area contributed by atoms with E-state index in [1.165, 1.54) is 0 Å². The molecule has 0 atom stereocenters. The number of fused-ring (bicyclic) bond motifs is 2. The lowest BCUT2D eigenvalue weighted by atomic mass is 10.1. The Bertz CT molecular complexity index is 1470. The summed E-state index contributed by atoms with van der Waals surface area (Å²) in [5, 5.41) is 24.0. The van der Waals surface area contributed by atoms with Gasteiger partial charge in [0.25, 0.3) is 0 Å². The topological polar surface area (TPSA) is 73.7 Å². The molecule has 0 fully saturated rings. The summed E-state index contributed by atoms with van der Waals surface area (Å²) < 4.78 is 1.76. The van der Waals surface area contributed by atoms with Crippen LogP contribution in [0.15, 0.2) is 88.6 Å². The van der Waals surface area contributed by atoms with Gasteiger partial charge in [0.1, 0.15) is 11.6 Å². The first-order valence-electron chi connectivity index (χ1n) is 9.38. The molecule has 5 rings (SSSR count). The molecule has 0 spiro atoms. The van der Waals surface area contributed by atoms with E-state index in [1.54, 1.807) is 4.57 Å². The molecule has 1 aliphatic heterocycles. The molecule has 0 saturated heterocycles. The normalized spacial score (nSPS) is 12.2. The molecule has 0 aliphatic carbocycles. The minimum atomic E-state index is -0.0125. The van der Waals surface area contributed by atoms with Crippen molar-refractivity contribution in [3.63, 3.8) is 0 Å². The third-order valence-corrected chi connectivity index (χ3v) is 5.52. The molecule has 1 aliphatic rings. The van der Waals surface area contributed by atoms with Crippen LogP contribution in [0.25, 0.3) is 16.5 Å². The average Bonchev–Trinajstić information content (AvgIpc) is 3.31. The van der Waals surface area contributed by atoms with E-state index in [-0.39, 0.29) is 11.5 Å². The van der Waals surface area contributed by atoms with E-state index in [0.717, 1.165) is 16.5 Å². The van der Waals surface area contributed by atoms with Crippen molar-refractivity contribution in [3.05, 3.63) is 105 Å². The summed E-state index contributed by atoms with van der Waals surface area (Å²) >= 11 is 6.34. The Kier molecular flexibility index (Phi) is 4.35. The summed E-state index contributed by atoms with van der Waals surface area (Å²) in [5.74, 6) is 0.288. The van der Waals surface area contributed by atoms with Gasteiger partial charge in [-0.3, -0.25) is 0 Å². The highest BCUT2D eigenvalue weighted by atomic mass is 35.5. The highest BCUT2D eigenvalue weighted by Gasteiger charge is 2.23. The molecule has 0 bridgehead atoms. The second kappa shape index (κ2) is 7.18. The van der Waals surface area contributed by atoms with Gasteiger partial charge in [-0.05, 0) is 29.8 Å². The molecule has 5 nitrogen and oxygen atoms in total. The first-order chi connectivity index (χ1) is 14.7. The van der Waals surface area contributed by atoms with Crippen molar-refractivity contribution >= 4 is 28.1 Å². The van der Waals surface area contributed by atoms with E-state index in [9.17, 15) is 10.4 Å². The number of hydrogen-bond acceptors (Lipinski definition) is 4. The number of halogens is 1. The van der Waals surface area contributed by atoms with Crippen molar-refractivity contribution in [1.29, 1.82) is 5.26 Å².